The number of carbonyl (C=O) groups excluding carboxylic acids is 1. The van der Waals surface area contributed by atoms with Gasteiger partial charge in [0.1, 0.15) is 0 Å². The maximum atomic E-state index is 11.4. The van der Waals surface area contributed by atoms with Crippen LogP contribution in [0.1, 0.15) is 45.7 Å². The van der Waals surface area contributed by atoms with Gasteiger partial charge in [0.2, 0.25) is 0 Å². The van der Waals surface area contributed by atoms with E-state index in [1.165, 1.54) is 11.8 Å². The van der Waals surface area contributed by atoms with Gasteiger partial charge in [0, 0.05) is 18.2 Å². The Bertz CT molecular complexity index is 713. The first-order valence-electron chi connectivity index (χ1n) is 8.33. The molecule has 140 valence electrons. The number of hydrogen-bond donors (Lipinski definition) is 2. The number of carbonyl (C=O) groups is 1. The Labute approximate surface area is 159 Å². The molecule has 26 heavy (non-hydrogen) atoms. The molecule has 0 saturated carbocycles. The van der Waals surface area contributed by atoms with Gasteiger partial charge in [0.15, 0.2) is 11.0 Å². The highest BCUT2D eigenvalue weighted by atomic mass is 32.2. The number of benzene rings is 1. The molecule has 0 aromatic heterocycles. The molecule has 3 N–H and O–H groups in total. The SMILES string of the molecule is CC(=O)SCC(=Cc1ccc(C(N)=NO)cc1)B1OC(C)(C)C(C)(C)O1. The summed E-state index contributed by atoms with van der Waals surface area (Å²) in [6.45, 7) is 9.52. The summed E-state index contributed by atoms with van der Waals surface area (Å²) >= 11 is 1.22. The topological polar surface area (TPSA) is 94.1 Å². The molecule has 2 rings (SSSR count). The van der Waals surface area contributed by atoms with Crippen molar-refractivity contribution in [1.82, 2.24) is 0 Å². The van der Waals surface area contributed by atoms with Gasteiger partial charge in [0.05, 0.1) is 11.2 Å². The highest BCUT2D eigenvalue weighted by Gasteiger charge is 2.52. The van der Waals surface area contributed by atoms with Crippen LogP contribution in [0.5, 0.6) is 0 Å². The summed E-state index contributed by atoms with van der Waals surface area (Å²) in [5.41, 5.74) is 7.10. The maximum absolute atomic E-state index is 11.4. The fourth-order valence-corrected chi connectivity index (χ4v) is 2.97. The van der Waals surface area contributed by atoms with Crippen LogP contribution in [0.3, 0.4) is 0 Å². The molecule has 1 aliphatic rings. The Morgan fingerprint density at radius 3 is 2.23 bits per heavy atom. The van der Waals surface area contributed by atoms with E-state index >= 15 is 0 Å². The Kier molecular flexibility index (Phi) is 6.21. The molecule has 1 aliphatic heterocycles. The van der Waals surface area contributed by atoms with Crippen LogP contribution in [0.4, 0.5) is 0 Å². The van der Waals surface area contributed by atoms with E-state index in [-0.39, 0.29) is 11.0 Å². The molecule has 1 aromatic carbocycles. The lowest BCUT2D eigenvalue weighted by Gasteiger charge is -2.32. The van der Waals surface area contributed by atoms with E-state index in [0.29, 0.717) is 11.3 Å². The van der Waals surface area contributed by atoms with Crippen LogP contribution < -0.4 is 5.73 Å². The molecular formula is C18H25BN2O4S. The van der Waals surface area contributed by atoms with E-state index in [2.05, 4.69) is 5.16 Å². The van der Waals surface area contributed by atoms with E-state index in [1.54, 1.807) is 19.1 Å². The summed E-state index contributed by atoms with van der Waals surface area (Å²) in [6, 6.07) is 7.25. The normalized spacial score (nSPS) is 19.7. The average Bonchev–Trinajstić information content (AvgIpc) is 2.78. The van der Waals surface area contributed by atoms with E-state index in [4.69, 9.17) is 20.2 Å². The fraction of sp³-hybridized carbons (Fsp3) is 0.444. The summed E-state index contributed by atoms with van der Waals surface area (Å²) in [5, 5.41) is 11.8. The zero-order valence-corrected chi connectivity index (χ0v) is 16.6. The van der Waals surface area contributed by atoms with Crippen LogP contribution in [0.2, 0.25) is 0 Å². The molecule has 0 spiro atoms. The van der Waals surface area contributed by atoms with Gasteiger partial charge in [-0.2, -0.15) is 0 Å². The number of rotatable bonds is 5. The van der Waals surface area contributed by atoms with Crippen molar-refractivity contribution in [1.29, 1.82) is 0 Å². The second-order valence-corrected chi connectivity index (χ2v) is 8.35. The lowest BCUT2D eigenvalue weighted by Crippen LogP contribution is -2.41. The van der Waals surface area contributed by atoms with Crippen LogP contribution in [-0.2, 0) is 14.1 Å². The minimum atomic E-state index is -0.518. The standard InChI is InChI=1S/C18H25BN2O4S/c1-12(22)26-11-15(19-24-17(2,3)18(4,5)25-19)10-13-6-8-14(9-7-13)16(20)21-23/h6-10,23H,11H2,1-5H3,(H2,20,21). The largest absolute Gasteiger partial charge is 0.491 e. The van der Waals surface area contributed by atoms with Crippen molar-refractivity contribution in [2.45, 2.75) is 45.8 Å². The summed E-state index contributed by atoms with van der Waals surface area (Å²) in [4.78, 5) is 11.4. The predicted octanol–water partition coefficient (Wildman–Crippen LogP) is 3.08. The lowest BCUT2D eigenvalue weighted by molar-refractivity contribution is -0.109. The Morgan fingerprint density at radius 2 is 1.77 bits per heavy atom. The van der Waals surface area contributed by atoms with Gasteiger partial charge in [-0.05, 0) is 38.7 Å². The second kappa shape index (κ2) is 7.86. The molecule has 0 unspecified atom stereocenters. The molecule has 0 amide bonds. The third-order valence-electron chi connectivity index (χ3n) is 4.66. The van der Waals surface area contributed by atoms with E-state index in [1.807, 2.05) is 45.9 Å². The monoisotopic (exact) mass is 376 g/mol. The zero-order chi connectivity index (χ0) is 19.5. The molecule has 8 heteroatoms. The van der Waals surface area contributed by atoms with E-state index in [0.717, 1.165) is 11.0 Å². The summed E-state index contributed by atoms with van der Waals surface area (Å²) in [5.74, 6) is 0.535. The lowest BCUT2D eigenvalue weighted by atomic mass is 9.78. The smallest absolute Gasteiger partial charge is 0.409 e. The third kappa shape index (κ3) is 4.69. The highest BCUT2D eigenvalue weighted by molar-refractivity contribution is 8.13. The van der Waals surface area contributed by atoms with Crippen LogP contribution in [0, 0.1) is 0 Å². The molecule has 1 fully saturated rings. The molecule has 6 nitrogen and oxygen atoms in total. The molecule has 0 aliphatic carbocycles. The molecular weight excluding hydrogens is 351 g/mol. The highest BCUT2D eigenvalue weighted by Crippen LogP contribution is 2.39. The third-order valence-corrected chi connectivity index (χ3v) is 5.55. The molecule has 0 atom stereocenters. The van der Waals surface area contributed by atoms with Crippen molar-refractivity contribution < 1.29 is 19.3 Å². The van der Waals surface area contributed by atoms with Crippen LogP contribution >= 0.6 is 11.8 Å². The number of amidine groups is 1. The Hall–Kier alpha value is -1.77. The molecule has 0 radical (unpaired) electrons. The minimum absolute atomic E-state index is 0.0368. The quantitative estimate of drug-likeness (QED) is 0.270. The average molecular weight is 376 g/mol. The zero-order valence-electron chi connectivity index (χ0n) is 15.8. The fourth-order valence-electron chi connectivity index (χ4n) is 2.38. The van der Waals surface area contributed by atoms with Gasteiger partial charge in [-0.15, -0.1) is 0 Å². The number of hydrogen-bond acceptors (Lipinski definition) is 6. The van der Waals surface area contributed by atoms with Gasteiger partial charge in [-0.3, -0.25) is 4.79 Å². The van der Waals surface area contributed by atoms with Crippen molar-refractivity contribution in [3.8, 4) is 0 Å². The molecule has 0 bridgehead atoms. The number of thioether (sulfide) groups is 1. The van der Waals surface area contributed by atoms with E-state index < -0.39 is 18.3 Å². The first kappa shape index (κ1) is 20.5. The first-order chi connectivity index (χ1) is 12.1. The second-order valence-electron chi connectivity index (χ2n) is 7.20. The molecule has 1 saturated heterocycles. The Balaban J connectivity index is 2.30. The maximum Gasteiger partial charge on any atom is 0.491 e. The molecule has 1 aromatic rings. The van der Waals surface area contributed by atoms with E-state index in [9.17, 15) is 4.79 Å². The summed E-state index contributed by atoms with van der Waals surface area (Å²) in [7, 11) is -0.518. The number of nitrogens with zero attached hydrogens (tertiary/aromatic N) is 1. The first-order valence-corrected chi connectivity index (χ1v) is 9.32. The van der Waals surface area contributed by atoms with Gasteiger partial charge in [0.25, 0.3) is 0 Å². The van der Waals surface area contributed by atoms with Crippen LogP contribution in [0.15, 0.2) is 34.9 Å². The van der Waals surface area contributed by atoms with Gasteiger partial charge >= 0.3 is 7.12 Å². The minimum Gasteiger partial charge on any atom is -0.409 e. The molecule has 1 heterocycles. The van der Waals surface area contributed by atoms with Crippen molar-refractivity contribution >= 4 is 35.9 Å². The van der Waals surface area contributed by atoms with Crippen molar-refractivity contribution in [2.75, 3.05) is 5.75 Å². The van der Waals surface area contributed by atoms with Crippen molar-refractivity contribution in [2.24, 2.45) is 10.9 Å². The van der Waals surface area contributed by atoms with Crippen LogP contribution in [-0.4, -0.2) is 40.2 Å². The van der Waals surface area contributed by atoms with Gasteiger partial charge in [-0.25, -0.2) is 0 Å². The summed E-state index contributed by atoms with van der Waals surface area (Å²) < 4.78 is 12.2. The number of nitrogens with two attached hydrogens (primary N) is 1. The summed E-state index contributed by atoms with van der Waals surface area (Å²) in [6.07, 6.45) is 1.95. The number of oxime groups is 1. The van der Waals surface area contributed by atoms with Crippen LogP contribution in [0.25, 0.3) is 6.08 Å². The Morgan fingerprint density at radius 1 is 1.23 bits per heavy atom. The van der Waals surface area contributed by atoms with Crippen molar-refractivity contribution in [3.63, 3.8) is 0 Å². The van der Waals surface area contributed by atoms with Crippen molar-refractivity contribution in [3.05, 3.63) is 40.9 Å². The van der Waals surface area contributed by atoms with Gasteiger partial charge in [-0.1, -0.05) is 47.3 Å². The predicted molar refractivity (Wildman–Crippen MR) is 106 cm³/mol. The van der Waals surface area contributed by atoms with Gasteiger partial charge < -0.3 is 20.2 Å².